The van der Waals surface area contributed by atoms with Crippen molar-refractivity contribution in [3.8, 4) is 11.4 Å². The number of morpholine rings is 1. The van der Waals surface area contributed by atoms with E-state index in [1.807, 2.05) is 24.3 Å². The van der Waals surface area contributed by atoms with Crippen LogP contribution in [0.5, 0.6) is 0 Å². The van der Waals surface area contributed by atoms with Gasteiger partial charge in [0, 0.05) is 41.7 Å². The average Bonchev–Trinajstić information content (AvgIpc) is 3.22. The molecule has 1 aliphatic rings. The number of pyridine rings is 1. The number of aromatic nitrogens is 3. The Morgan fingerprint density at radius 1 is 1.12 bits per heavy atom. The van der Waals surface area contributed by atoms with E-state index in [1.165, 1.54) is 0 Å². The Balaban J connectivity index is 1.57. The third kappa shape index (κ3) is 4.12. The van der Waals surface area contributed by atoms with E-state index < -0.39 is 5.91 Å². The predicted molar refractivity (Wildman–Crippen MR) is 126 cm³/mol. The number of primary amides is 1. The van der Waals surface area contributed by atoms with Gasteiger partial charge in [0.2, 0.25) is 5.91 Å². The van der Waals surface area contributed by atoms with Crippen LogP contribution in [0.1, 0.15) is 20.8 Å². The SMILES string of the molecule is NC(=O)c1cccc(Cc2cc3nc(-c4ccc(N)nc4)nc(N4CCOCC4)c3s2)c1. The molecule has 1 fully saturated rings. The summed E-state index contributed by atoms with van der Waals surface area (Å²) < 4.78 is 6.57. The molecule has 4 N–H and O–H groups in total. The second-order valence-corrected chi connectivity index (χ2v) is 8.75. The van der Waals surface area contributed by atoms with Gasteiger partial charge in [0.25, 0.3) is 0 Å². The summed E-state index contributed by atoms with van der Waals surface area (Å²) in [6.45, 7) is 2.89. The Bertz CT molecular complexity index is 1280. The number of nitrogen functional groups attached to an aromatic ring is 1. The first kappa shape index (κ1) is 20.3. The summed E-state index contributed by atoms with van der Waals surface area (Å²) in [4.78, 5) is 28.8. The Kier molecular flexibility index (Phi) is 5.42. The minimum atomic E-state index is -0.426. The highest BCUT2D eigenvalue weighted by atomic mass is 32.1. The molecule has 1 aliphatic heterocycles. The van der Waals surface area contributed by atoms with Crippen LogP contribution in [0.15, 0.2) is 48.7 Å². The first-order chi connectivity index (χ1) is 15.6. The number of hydrogen-bond acceptors (Lipinski definition) is 8. The van der Waals surface area contributed by atoms with Gasteiger partial charge in [-0.3, -0.25) is 4.79 Å². The summed E-state index contributed by atoms with van der Waals surface area (Å²) in [5.74, 6) is 1.56. The second-order valence-electron chi connectivity index (χ2n) is 7.61. The van der Waals surface area contributed by atoms with E-state index in [9.17, 15) is 4.79 Å². The van der Waals surface area contributed by atoms with E-state index in [0.717, 1.165) is 45.1 Å². The summed E-state index contributed by atoms with van der Waals surface area (Å²) in [6.07, 6.45) is 2.38. The molecule has 1 saturated heterocycles. The van der Waals surface area contributed by atoms with Crippen molar-refractivity contribution in [2.45, 2.75) is 6.42 Å². The fourth-order valence-electron chi connectivity index (χ4n) is 3.74. The Morgan fingerprint density at radius 3 is 2.72 bits per heavy atom. The maximum absolute atomic E-state index is 11.5. The average molecular weight is 447 g/mol. The van der Waals surface area contributed by atoms with Crippen LogP contribution >= 0.6 is 11.3 Å². The minimum Gasteiger partial charge on any atom is -0.384 e. The number of benzene rings is 1. The number of anilines is 2. The summed E-state index contributed by atoms with van der Waals surface area (Å²) in [5.41, 5.74) is 14.4. The van der Waals surface area contributed by atoms with E-state index in [1.54, 1.807) is 29.7 Å². The molecular formula is C23H22N6O2S. The van der Waals surface area contributed by atoms with Crippen LogP contribution in [0.4, 0.5) is 11.6 Å². The van der Waals surface area contributed by atoms with Crippen molar-refractivity contribution in [1.29, 1.82) is 0 Å². The number of hydrogen-bond donors (Lipinski definition) is 2. The van der Waals surface area contributed by atoms with E-state index in [4.69, 9.17) is 26.2 Å². The van der Waals surface area contributed by atoms with Gasteiger partial charge in [0.05, 0.1) is 23.4 Å². The number of carbonyl (C=O) groups is 1. The molecule has 162 valence electrons. The van der Waals surface area contributed by atoms with Crippen LogP contribution in [0.25, 0.3) is 21.6 Å². The van der Waals surface area contributed by atoms with Gasteiger partial charge in [-0.25, -0.2) is 15.0 Å². The molecule has 0 aliphatic carbocycles. The standard InChI is InChI=1S/C23H22N6O2S/c24-19-5-4-16(13-26-19)22-27-18-12-17(11-14-2-1-3-15(10-14)21(25)30)32-20(18)23(28-22)29-6-8-31-9-7-29/h1-5,10,12-13H,6-9,11H2,(H2,24,26)(H2,25,30). The molecule has 0 unspecified atom stereocenters. The monoisotopic (exact) mass is 446 g/mol. The molecule has 4 aromatic rings. The number of ether oxygens (including phenoxy) is 1. The number of amides is 1. The molecule has 1 aromatic carbocycles. The smallest absolute Gasteiger partial charge is 0.248 e. The number of rotatable bonds is 5. The summed E-state index contributed by atoms with van der Waals surface area (Å²) in [5, 5.41) is 0. The number of fused-ring (bicyclic) bond motifs is 1. The van der Waals surface area contributed by atoms with E-state index >= 15 is 0 Å². The number of thiophene rings is 1. The molecule has 0 radical (unpaired) electrons. The normalized spacial score (nSPS) is 14.1. The third-order valence-electron chi connectivity index (χ3n) is 5.35. The summed E-state index contributed by atoms with van der Waals surface area (Å²) >= 11 is 1.67. The van der Waals surface area contributed by atoms with Gasteiger partial charge in [-0.15, -0.1) is 11.3 Å². The van der Waals surface area contributed by atoms with E-state index in [0.29, 0.717) is 36.8 Å². The first-order valence-electron chi connectivity index (χ1n) is 10.3. The lowest BCUT2D eigenvalue weighted by molar-refractivity contribution is 0.1000. The van der Waals surface area contributed by atoms with Gasteiger partial charge in [-0.1, -0.05) is 12.1 Å². The zero-order chi connectivity index (χ0) is 22.1. The van der Waals surface area contributed by atoms with Crippen LogP contribution in [-0.4, -0.2) is 47.2 Å². The lowest BCUT2D eigenvalue weighted by Crippen LogP contribution is -2.36. The topological polar surface area (TPSA) is 120 Å². The molecule has 0 spiro atoms. The lowest BCUT2D eigenvalue weighted by Gasteiger charge is -2.28. The largest absolute Gasteiger partial charge is 0.384 e. The molecule has 0 atom stereocenters. The highest BCUT2D eigenvalue weighted by Gasteiger charge is 2.20. The molecule has 0 bridgehead atoms. The molecule has 9 heteroatoms. The number of carbonyl (C=O) groups excluding carboxylic acids is 1. The first-order valence-corrected chi connectivity index (χ1v) is 11.1. The van der Waals surface area contributed by atoms with Crippen LogP contribution in [0, 0.1) is 0 Å². The zero-order valence-electron chi connectivity index (χ0n) is 17.3. The number of nitrogens with two attached hydrogens (primary N) is 2. The van der Waals surface area contributed by atoms with Crippen molar-refractivity contribution in [3.05, 3.63) is 64.7 Å². The molecule has 32 heavy (non-hydrogen) atoms. The highest BCUT2D eigenvalue weighted by molar-refractivity contribution is 7.19. The maximum atomic E-state index is 11.5. The quantitative estimate of drug-likeness (QED) is 0.484. The second kappa shape index (κ2) is 8.52. The van der Waals surface area contributed by atoms with Crippen molar-refractivity contribution in [1.82, 2.24) is 15.0 Å². The fraction of sp³-hybridized carbons (Fsp3) is 0.217. The molecular weight excluding hydrogens is 424 g/mol. The maximum Gasteiger partial charge on any atom is 0.248 e. The van der Waals surface area contributed by atoms with Crippen LogP contribution < -0.4 is 16.4 Å². The van der Waals surface area contributed by atoms with Gasteiger partial charge >= 0.3 is 0 Å². The highest BCUT2D eigenvalue weighted by Crippen LogP contribution is 2.35. The van der Waals surface area contributed by atoms with Crippen molar-refractivity contribution in [2.75, 3.05) is 36.9 Å². The molecule has 0 saturated carbocycles. The van der Waals surface area contributed by atoms with Crippen LogP contribution in [-0.2, 0) is 11.2 Å². The molecule has 1 amide bonds. The lowest BCUT2D eigenvalue weighted by atomic mass is 10.1. The Morgan fingerprint density at radius 2 is 1.97 bits per heavy atom. The number of nitrogens with zero attached hydrogens (tertiary/aromatic N) is 4. The summed E-state index contributed by atoms with van der Waals surface area (Å²) in [6, 6.07) is 13.2. The van der Waals surface area contributed by atoms with Gasteiger partial charge in [0.1, 0.15) is 5.82 Å². The Labute approximate surface area is 188 Å². The van der Waals surface area contributed by atoms with Gasteiger partial charge in [-0.05, 0) is 35.9 Å². The van der Waals surface area contributed by atoms with Crippen molar-refractivity contribution >= 4 is 39.1 Å². The van der Waals surface area contributed by atoms with Crippen molar-refractivity contribution < 1.29 is 9.53 Å². The zero-order valence-corrected chi connectivity index (χ0v) is 18.1. The van der Waals surface area contributed by atoms with E-state index in [-0.39, 0.29) is 0 Å². The van der Waals surface area contributed by atoms with Crippen LogP contribution in [0.2, 0.25) is 0 Å². The predicted octanol–water partition coefficient (Wildman–Crippen LogP) is 2.86. The fourth-order valence-corrected chi connectivity index (χ4v) is 4.89. The third-order valence-corrected chi connectivity index (χ3v) is 6.47. The Hall–Kier alpha value is -3.56. The molecule has 5 rings (SSSR count). The van der Waals surface area contributed by atoms with Gasteiger partial charge in [0.15, 0.2) is 11.6 Å². The minimum absolute atomic E-state index is 0.426. The van der Waals surface area contributed by atoms with Gasteiger partial charge < -0.3 is 21.1 Å². The van der Waals surface area contributed by atoms with Crippen molar-refractivity contribution in [3.63, 3.8) is 0 Å². The van der Waals surface area contributed by atoms with Crippen molar-refractivity contribution in [2.24, 2.45) is 5.73 Å². The molecule has 3 aromatic heterocycles. The molecule has 8 nitrogen and oxygen atoms in total. The molecule has 4 heterocycles. The van der Waals surface area contributed by atoms with E-state index in [2.05, 4.69) is 16.0 Å². The van der Waals surface area contributed by atoms with Gasteiger partial charge in [-0.2, -0.15) is 0 Å². The van der Waals surface area contributed by atoms with Crippen LogP contribution in [0.3, 0.4) is 0 Å². The summed E-state index contributed by atoms with van der Waals surface area (Å²) in [7, 11) is 0.